The highest BCUT2D eigenvalue weighted by atomic mass is 32.1. The number of Topliss-reactive ketones (excluding diaryl/α,β-unsaturated/α-hetero) is 1. The largest absolute Gasteiger partial charge is 0.497 e. The van der Waals surface area contributed by atoms with Crippen LogP contribution in [0.15, 0.2) is 54.6 Å². The summed E-state index contributed by atoms with van der Waals surface area (Å²) in [6, 6.07) is 9.62. The molecule has 2 aromatic carbocycles. The first-order chi connectivity index (χ1) is 35.4. The first-order valence-electron chi connectivity index (χ1n) is 26.5. The van der Waals surface area contributed by atoms with Crippen molar-refractivity contribution < 1.29 is 52.6 Å². The van der Waals surface area contributed by atoms with Crippen molar-refractivity contribution in [1.29, 1.82) is 0 Å². The van der Waals surface area contributed by atoms with Crippen LogP contribution in [0.5, 0.6) is 5.75 Å². The van der Waals surface area contributed by atoms with Crippen LogP contribution in [-0.4, -0.2) is 143 Å². The van der Waals surface area contributed by atoms with Gasteiger partial charge in [-0.25, -0.2) is 4.79 Å². The molecular formula is C56H83N7O11S. The summed E-state index contributed by atoms with van der Waals surface area (Å²) in [6.45, 7) is 18.0. The first kappa shape index (κ1) is 61.4. The van der Waals surface area contributed by atoms with E-state index in [2.05, 4.69) is 21.3 Å². The second-order valence-electron chi connectivity index (χ2n) is 21.4. The van der Waals surface area contributed by atoms with E-state index >= 15 is 0 Å². The summed E-state index contributed by atoms with van der Waals surface area (Å²) >= 11 is 5.79. The van der Waals surface area contributed by atoms with Crippen molar-refractivity contribution in [3.05, 3.63) is 60.2 Å². The Morgan fingerprint density at radius 1 is 0.867 bits per heavy atom. The van der Waals surface area contributed by atoms with Gasteiger partial charge in [-0.05, 0) is 112 Å². The molecule has 2 heterocycles. The van der Waals surface area contributed by atoms with Crippen molar-refractivity contribution >= 4 is 70.3 Å². The molecule has 2 aliphatic rings. The average Bonchev–Trinajstić information content (AvgIpc) is 3.87. The fraction of sp³-hybridized carbons (Fsp3) is 0.625. The highest BCUT2D eigenvalue weighted by molar-refractivity contribution is 7.80. The smallest absolute Gasteiger partial charge is 0.329 e. The molecule has 2 fully saturated rings. The third kappa shape index (κ3) is 17.2. The van der Waals surface area contributed by atoms with Crippen LogP contribution < -0.4 is 26.0 Å². The molecule has 0 spiro atoms. The van der Waals surface area contributed by atoms with Crippen molar-refractivity contribution in [2.75, 3.05) is 33.1 Å². The number of nitrogens with zero attached hydrogens (tertiary/aromatic N) is 3. The number of anilines is 1. The lowest BCUT2D eigenvalue weighted by Crippen LogP contribution is -2.60. The summed E-state index contributed by atoms with van der Waals surface area (Å²) in [4.78, 5) is 120. The zero-order chi connectivity index (χ0) is 55.8. The minimum Gasteiger partial charge on any atom is -0.497 e. The van der Waals surface area contributed by atoms with Crippen LogP contribution in [0, 0.1) is 29.6 Å². The van der Waals surface area contributed by atoms with Gasteiger partial charge in [0.05, 0.1) is 13.0 Å². The number of carbonyl (C=O) groups excluding carboxylic acids is 8. The third-order valence-corrected chi connectivity index (χ3v) is 14.7. The summed E-state index contributed by atoms with van der Waals surface area (Å²) in [5.41, 5.74) is 1.35. The Labute approximate surface area is 449 Å². The zero-order valence-corrected chi connectivity index (χ0v) is 47.1. The fourth-order valence-electron chi connectivity index (χ4n) is 9.39. The van der Waals surface area contributed by atoms with Gasteiger partial charge in [0, 0.05) is 45.2 Å². The van der Waals surface area contributed by atoms with Crippen molar-refractivity contribution in [1.82, 2.24) is 30.7 Å². The van der Waals surface area contributed by atoms with Crippen molar-refractivity contribution in [2.45, 2.75) is 169 Å². The predicted octanol–water partition coefficient (Wildman–Crippen LogP) is 5.84. The molecule has 4 rings (SSSR count). The number of rotatable bonds is 14. The van der Waals surface area contributed by atoms with Crippen molar-refractivity contribution in [3.8, 4) is 5.75 Å². The SMILES string of the molecule is CC[C@H](C)[C@@H]1CCC(=O)O[C@@H](C(C)C)C(=O)[C@H](C)C(=O)N[C@@H](CC(C)C)C(=O)N2CCC[C@H]2C(=O)N(C)[C@@H](Cc2ccc(OC)cc2)C(=O)O[C@H](C)[C@H](NC(=O)[C@@H](CC(C)C)N(C)C(=S)Nc2ccccc2)C(=O)N1. The number of esters is 2. The van der Waals surface area contributed by atoms with E-state index < -0.39 is 108 Å². The number of amides is 5. The van der Waals surface area contributed by atoms with Gasteiger partial charge in [0.25, 0.3) is 0 Å². The number of fused-ring (bicyclic) bond motifs is 1. The Morgan fingerprint density at radius 2 is 1.52 bits per heavy atom. The number of benzene rings is 2. The molecule has 75 heavy (non-hydrogen) atoms. The second kappa shape index (κ2) is 28.7. The number of nitrogens with one attached hydrogen (secondary N) is 4. The summed E-state index contributed by atoms with van der Waals surface area (Å²) in [6.07, 6.45) is -1.07. The van der Waals surface area contributed by atoms with Gasteiger partial charge in [0.15, 0.2) is 17.0 Å². The Morgan fingerprint density at radius 3 is 2.11 bits per heavy atom. The number of ether oxygens (including phenoxy) is 3. The summed E-state index contributed by atoms with van der Waals surface area (Å²) in [5, 5.41) is 12.2. The van der Waals surface area contributed by atoms with E-state index in [1.165, 1.54) is 37.8 Å². The molecule has 0 radical (unpaired) electrons. The summed E-state index contributed by atoms with van der Waals surface area (Å²) < 4.78 is 17.4. The van der Waals surface area contributed by atoms with Gasteiger partial charge in [0.1, 0.15) is 42.1 Å². The molecule has 2 saturated heterocycles. The Kier molecular flexibility index (Phi) is 23.5. The number of carbonyl (C=O) groups is 8. The molecule has 0 aliphatic carbocycles. The number of hydrogen-bond acceptors (Lipinski definition) is 12. The molecule has 2 aliphatic heterocycles. The standard InChI is InChI=1S/C56H83N7O11S/c1-14-35(8)41-26-27-46(64)74-49(34(6)7)48(65)36(9)50(66)59-42(29-32(2)3)53(69)63-28-18-21-43(63)54(70)61(11)45(31-38-22-24-40(72-13)25-23-38)55(71)73-37(10)47(52(68)58-41)60-51(67)44(30-33(4)5)62(12)56(75)57-39-19-16-15-17-20-39/h15-17,19-20,22-25,32-37,41-45,47,49H,14,18,21,26-31H2,1-13H3,(H,57,75)(H,58,68)(H,59,66)(H,60,67)/t35-,36-,37+,41-,42-,43-,44+,45-,47-,49-/m0/s1. The number of thiocarbonyl (C=S) groups is 1. The summed E-state index contributed by atoms with van der Waals surface area (Å²) in [5.74, 6) is -6.96. The highest BCUT2D eigenvalue weighted by Crippen LogP contribution is 2.26. The van der Waals surface area contributed by atoms with Gasteiger partial charge in [-0.1, -0.05) is 92.1 Å². The van der Waals surface area contributed by atoms with Crippen LogP contribution in [0.3, 0.4) is 0 Å². The second-order valence-corrected chi connectivity index (χ2v) is 21.8. The quantitative estimate of drug-likeness (QED) is 0.0992. The maximum Gasteiger partial charge on any atom is 0.329 e. The van der Waals surface area contributed by atoms with Crippen LogP contribution in [0.1, 0.15) is 120 Å². The first-order valence-corrected chi connectivity index (χ1v) is 26.9. The number of likely N-dealkylation sites (N-methyl/N-ethyl adjacent to an activating group) is 2. The van der Waals surface area contributed by atoms with E-state index in [0.717, 1.165) is 0 Å². The van der Waals surface area contributed by atoms with Gasteiger partial charge < -0.3 is 50.2 Å². The Bertz CT molecular complexity index is 2300. The average molecular weight is 1060 g/mol. The number of methoxy groups -OCH3 is 1. The minimum absolute atomic E-state index is 0.0114. The lowest BCUT2D eigenvalue weighted by molar-refractivity contribution is -0.162. The molecule has 2 aromatic rings. The van der Waals surface area contributed by atoms with Crippen molar-refractivity contribution in [2.24, 2.45) is 29.6 Å². The van der Waals surface area contributed by atoms with Crippen molar-refractivity contribution in [3.63, 3.8) is 0 Å². The van der Waals surface area contributed by atoms with Gasteiger partial charge in [0.2, 0.25) is 29.5 Å². The lowest BCUT2D eigenvalue weighted by Gasteiger charge is -2.36. The molecule has 0 saturated carbocycles. The van der Waals surface area contributed by atoms with E-state index in [0.29, 0.717) is 36.3 Å². The molecular weight excluding hydrogens is 979 g/mol. The summed E-state index contributed by atoms with van der Waals surface area (Å²) in [7, 11) is 4.66. The Hall–Kier alpha value is -6.11. The maximum atomic E-state index is 14.9. The van der Waals surface area contributed by atoms with E-state index in [4.69, 9.17) is 26.4 Å². The molecule has 10 atom stereocenters. The normalized spacial score (nSPS) is 24.9. The minimum atomic E-state index is -1.52. The van der Waals surface area contributed by atoms with Gasteiger partial charge in [-0.3, -0.25) is 33.6 Å². The molecule has 5 amide bonds. The number of cyclic esters (lactones) is 2. The van der Waals surface area contributed by atoms with Crippen LogP contribution in [0.25, 0.3) is 0 Å². The highest BCUT2D eigenvalue weighted by Gasteiger charge is 2.44. The molecule has 18 nitrogen and oxygen atoms in total. The molecule has 19 heteroatoms. The number of ketones is 1. The Balaban J connectivity index is 1.85. The van der Waals surface area contributed by atoms with E-state index in [9.17, 15) is 38.4 Å². The molecule has 0 aromatic heterocycles. The number of para-hydroxylation sites is 1. The molecule has 0 bridgehead atoms. The van der Waals surface area contributed by atoms with E-state index in [-0.39, 0.29) is 61.5 Å². The van der Waals surface area contributed by atoms with E-state index in [1.54, 1.807) is 50.1 Å². The van der Waals surface area contributed by atoms with Gasteiger partial charge in [-0.2, -0.15) is 0 Å². The molecule has 4 N–H and O–H groups in total. The van der Waals surface area contributed by atoms with Crippen LogP contribution in [-0.2, 0) is 54.3 Å². The number of hydrogen-bond donors (Lipinski definition) is 4. The lowest BCUT2D eigenvalue weighted by atomic mass is 9.92. The van der Waals surface area contributed by atoms with Gasteiger partial charge in [-0.15, -0.1) is 0 Å². The third-order valence-electron chi connectivity index (χ3n) is 14.3. The maximum absolute atomic E-state index is 14.9. The van der Waals surface area contributed by atoms with Crippen LogP contribution >= 0.6 is 12.2 Å². The zero-order valence-electron chi connectivity index (χ0n) is 46.3. The van der Waals surface area contributed by atoms with Crippen LogP contribution in [0.2, 0.25) is 0 Å². The van der Waals surface area contributed by atoms with E-state index in [1.807, 2.05) is 71.9 Å². The monoisotopic (exact) mass is 1060 g/mol. The van der Waals surface area contributed by atoms with Gasteiger partial charge >= 0.3 is 11.9 Å². The topological polar surface area (TPSA) is 222 Å². The van der Waals surface area contributed by atoms with Crippen LogP contribution in [0.4, 0.5) is 5.69 Å². The molecule has 414 valence electrons. The predicted molar refractivity (Wildman–Crippen MR) is 290 cm³/mol. The fourth-order valence-corrected chi connectivity index (χ4v) is 9.64. The molecule has 0 unspecified atom stereocenters.